The molecule has 3 aliphatic rings. The number of nitrogens with zero attached hydrogens (tertiary/aromatic N) is 1. The van der Waals surface area contributed by atoms with Crippen LogP contribution < -0.4 is 10.6 Å². The maximum absolute atomic E-state index is 15.2. The van der Waals surface area contributed by atoms with Crippen LogP contribution in [0, 0.1) is 17.8 Å². The van der Waals surface area contributed by atoms with Crippen molar-refractivity contribution < 1.29 is 32.3 Å². The van der Waals surface area contributed by atoms with Gasteiger partial charge < -0.3 is 15.5 Å². The predicted molar refractivity (Wildman–Crippen MR) is 120 cm³/mol. The van der Waals surface area contributed by atoms with Crippen LogP contribution in [0.15, 0.2) is 24.3 Å². The van der Waals surface area contributed by atoms with Crippen LogP contribution in [0.3, 0.4) is 0 Å². The number of alkyl halides is 3. The first-order valence-corrected chi connectivity index (χ1v) is 12.1. The third-order valence-corrected chi connectivity index (χ3v) is 7.63. The van der Waals surface area contributed by atoms with Gasteiger partial charge in [-0.05, 0) is 49.7 Å². The molecule has 0 aromatic heterocycles. The van der Waals surface area contributed by atoms with Crippen LogP contribution in [-0.4, -0.2) is 60.3 Å². The van der Waals surface area contributed by atoms with Crippen molar-refractivity contribution in [2.45, 2.75) is 50.1 Å². The molecule has 0 radical (unpaired) electrons. The lowest BCUT2D eigenvalue weighted by Crippen LogP contribution is -2.55. The molecule has 4 rings (SSSR count). The number of likely N-dealkylation sites (tertiary alicyclic amines) is 1. The number of hydrogen-bond donors (Lipinski definition) is 2. The molecule has 0 spiro atoms. The molecule has 1 saturated carbocycles. The third-order valence-electron chi connectivity index (χ3n) is 7.40. The Bertz CT molecular complexity index is 1020. The van der Waals surface area contributed by atoms with E-state index in [4.69, 9.17) is 11.6 Å². The quantitative estimate of drug-likeness (QED) is 0.558. The average molecular weight is 514 g/mol. The van der Waals surface area contributed by atoms with Crippen LogP contribution in [-0.2, 0) is 25.1 Å². The molecule has 3 fully saturated rings. The van der Waals surface area contributed by atoms with E-state index in [0.717, 1.165) is 23.5 Å². The van der Waals surface area contributed by atoms with Gasteiger partial charge in [0.2, 0.25) is 11.8 Å². The Balaban J connectivity index is 1.57. The highest BCUT2D eigenvalue weighted by Gasteiger charge is 2.55. The summed E-state index contributed by atoms with van der Waals surface area (Å²) >= 11 is 5.84. The number of benzene rings is 1. The van der Waals surface area contributed by atoms with Crippen molar-refractivity contribution in [1.29, 1.82) is 0 Å². The molecule has 35 heavy (non-hydrogen) atoms. The highest BCUT2D eigenvalue weighted by Crippen LogP contribution is 2.44. The molecule has 5 atom stereocenters. The number of Topliss-reactive ketones (excluding diaryl/α,β-unsaturated/α-hetero) is 1. The van der Waals surface area contributed by atoms with E-state index in [1.54, 1.807) is 0 Å². The van der Waals surface area contributed by atoms with Gasteiger partial charge in [-0.1, -0.05) is 30.2 Å². The highest BCUT2D eigenvalue weighted by molar-refractivity contribution is 6.30. The second-order valence-electron chi connectivity index (χ2n) is 9.52. The minimum Gasteiger partial charge on any atom is -0.356 e. The van der Waals surface area contributed by atoms with E-state index in [-0.39, 0.29) is 35.7 Å². The molecular weight excluding hydrogens is 487 g/mol. The van der Waals surface area contributed by atoms with E-state index in [2.05, 4.69) is 10.6 Å². The first kappa shape index (κ1) is 25.5. The Labute approximate surface area is 205 Å². The van der Waals surface area contributed by atoms with Gasteiger partial charge in [0.1, 0.15) is 12.7 Å². The lowest BCUT2D eigenvalue weighted by molar-refractivity contribution is -0.162. The Morgan fingerprint density at radius 1 is 1.23 bits per heavy atom. The standard InChI is InChI=1S/C24H27ClF3N3O4/c25-16-5-2-4-15(10-16)24(27,28)23(35)31-12-14-3-1-6-17(14)20(31)22(34)30-18(19(32)11-26)9-13-7-8-29-21(13)33/h2,4-5,10,13-14,17-18,20H,1,3,6-9,11-12H2,(H,29,33)(H,30,34)/t13-,14-,17-,18+,20-/m1/s1. The zero-order chi connectivity index (χ0) is 25.3. The highest BCUT2D eigenvalue weighted by atomic mass is 35.5. The summed E-state index contributed by atoms with van der Waals surface area (Å²) in [5.41, 5.74) is -0.580. The number of nitrogens with one attached hydrogen (secondary N) is 2. The number of carbonyl (C=O) groups excluding carboxylic acids is 4. The molecule has 7 nitrogen and oxygen atoms in total. The van der Waals surface area contributed by atoms with Crippen molar-refractivity contribution in [3.63, 3.8) is 0 Å². The summed E-state index contributed by atoms with van der Waals surface area (Å²) in [6, 6.07) is 2.33. The smallest absolute Gasteiger partial charge is 0.350 e. The number of ketones is 1. The second-order valence-corrected chi connectivity index (χ2v) is 9.95. The summed E-state index contributed by atoms with van der Waals surface area (Å²) in [4.78, 5) is 51.5. The van der Waals surface area contributed by atoms with Gasteiger partial charge in [0.05, 0.1) is 6.04 Å². The largest absolute Gasteiger partial charge is 0.356 e. The molecule has 3 amide bonds. The normalized spacial score (nSPS) is 26.9. The van der Waals surface area contributed by atoms with Crippen LogP contribution in [0.4, 0.5) is 13.2 Å². The molecule has 1 aromatic rings. The van der Waals surface area contributed by atoms with E-state index in [1.165, 1.54) is 12.1 Å². The van der Waals surface area contributed by atoms with Gasteiger partial charge >= 0.3 is 5.92 Å². The molecule has 0 unspecified atom stereocenters. The molecule has 0 bridgehead atoms. The maximum Gasteiger partial charge on any atom is 0.350 e. The molecule has 2 heterocycles. The predicted octanol–water partition coefficient (Wildman–Crippen LogP) is 2.61. The van der Waals surface area contributed by atoms with Crippen LogP contribution in [0.25, 0.3) is 0 Å². The number of rotatable bonds is 8. The molecule has 2 aliphatic heterocycles. The summed E-state index contributed by atoms with van der Waals surface area (Å²) in [5, 5.41) is 5.16. The van der Waals surface area contributed by atoms with E-state index < -0.39 is 53.8 Å². The van der Waals surface area contributed by atoms with Gasteiger partial charge in [0.15, 0.2) is 5.78 Å². The number of amides is 3. The van der Waals surface area contributed by atoms with Crippen LogP contribution in [0.2, 0.25) is 5.02 Å². The fourth-order valence-electron chi connectivity index (χ4n) is 5.61. The summed E-state index contributed by atoms with van der Waals surface area (Å²) < 4.78 is 43.7. The van der Waals surface area contributed by atoms with Crippen molar-refractivity contribution in [1.82, 2.24) is 15.5 Å². The van der Waals surface area contributed by atoms with E-state index >= 15 is 8.78 Å². The van der Waals surface area contributed by atoms with Crippen LogP contribution in [0.5, 0.6) is 0 Å². The lowest BCUT2D eigenvalue weighted by Gasteiger charge is -2.31. The fraction of sp³-hybridized carbons (Fsp3) is 0.583. The molecule has 2 N–H and O–H groups in total. The lowest BCUT2D eigenvalue weighted by atomic mass is 9.92. The van der Waals surface area contributed by atoms with Crippen LogP contribution >= 0.6 is 11.6 Å². The van der Waals surface area contributed by atoms with Crippen molar-refractivity contribution in [2.24, 2.45) is 17.8 Å². The summed E-state index contributed by atoms with van der Waals surface area (Å²) in [6.45, 7) is -0.933. The van der Waals surface area contributed by atoms with E-state index in [0.29, 0.717) is 25.8 Å². The Morgan fingerprint density at radius 3 is 2.66 bits per heavy atom. The minimum atomic E-state index is -3.92. The number of fused-ring (bicyclic) bond motifs is 1. The first-order chi connectivity index (χ1) is 16.6. The van der Waals surface area contributed by atoms with Gasteiger partial charge in [0, 0.05) is 29.6 Å². The Morgan fingerprint density at radius 2 is 2.00 bits per heavy atom. The maximum atomic E-state index is 15.2. The summed E-state index contributed by atoms with van der Waals surface area (Å²) in [6.07, 6.45) is 2.40. The van der Waals surface area contributed by atoms with Crippen molar-refractivity contribution >= 4 is 35.1 Å². The van der Waals surface area contributed by atoms with Gasteiger partial charge in [-0.2, -0.15) is 8.78 Å². The van der Waals surface area contributed by atoms with E-state index in [9.17, 15) is 23.6 Å². The number of halogens is 4. The van der Waals surface area contributed by atoms with Gasteiger partial charge in [-0.3, -0.25) is 19.2 Å². The minimum absolute atomic E-state index is 0.00943. The monoisotopic (exact) mass is 513 g/mol. The fourth-order valence-corrected chi connectivity index (χ4v) is 5.80. The van der Waals surface area contributed by atoms with Crippen molar-refractivity contribution in [3.05, 3.63) is 34.9 Å². The summed E-state index contributed by atoms with van der Waals surface area (Å²) in [5.74, 6) is -8.43. The van der Waals surface area contributed by atoms with Crippen LogP contribution in [0.1, 0.15) is 37.7 Å². The molecule has 2 saturated heterocycles. The molecule has 190 valence electrons. The van der Waals surface area contributed by atoms with Gasteiger partial charge in [-0.25, -0.2) is 4.39 Å². The second kappa shape index (κ2) is 10.2. The van der Waals surface area contributed by atoms with E-state index in [1.807, 2.05) is 0 Å². The first-order valence-electron chi connectivity index (χ1n) is 11.7. The Hall–Kier alpha value is -2.62. The molecule has 1 aromatic carbocycles. The zero-order valence-corrected chi connectivity index (χ0v) is 19.7. The SMILES string of the molecule is O=C1NCC[C@@H]1C[C@H](NC(=O)[C@H]1[C@@H]2CCC[C@@H]2CN1C(=O)C(F)(F)c1cccc(Cl)c1)C(=O)CF. The molecule has 1 aliphatic carbocycles. The van der Waals surface area contributed by atoms with Crippen molar-refractivity contribution in [3.8, 4) is 0 Å². The van der Waals surface area contributed by atoms with Gasteiger partial charge in [-0.15, -0.1) is 0 Å². The Kier molecular flexibility index (Phi) is 7.40. The average Bonchev–Trinajstić information content (AvgIpc) is 3.53. The zero-order valence-electron chi connectivity index (χ0n) is 18.9. The molecular formula is C24H27ClF3N3O4. The topological polar surface area (TPSA) is 95.6 Å². The number of carbonyl (C=O) groups is 4. The third kappa shape index (κ3) is 5.03. The molecule has 11 heteroatoms. The summed E-state index contributed by atoms with van der Waals surface area (Å²) in [7, 11) is 0. The van der Waals surface area contributed by atoms with Gasteiger partial charge in [0.25, 0.3) is 5.91 Å². The number of hydrogen-bond acceptors (Lipinski definition) is 4. The van der Waals surface area contributed by atoms with Crippen molar-refractivity contribution in [2.75, 3.05) is 19.8 Å².